The van der Waals surface area contributed by atoms with E-state index in [1.165, 1.54) is 0 Å². The Kier molecular flexibility index (Phi) is 8.74. The number of sulfonamides is 1. The summed E-state index contributed by atoms with van der Waals surface area (Å²) in [6.45, 7) is 4.12. The number of anilines is 1. The van der Waals surface area contributed by atoms with Crippen molar-refractivity contribution >= 4 is 45.6 Å². The van der Waals surface area contributed by atoms with E-state index in [1.54, 1.807) is 6.92 Å². The lowest BCUT2D eigenvalue weighted by Gasteiger charge is -2.06. The summed E-state index contributed by atoms with van der Waals surface area (Å²) in [5, 5.41) is 2.93. The lowest BCUT2D eigenvalue weighted by molar-refractivity contribution is 0.583. The largest absolute Gasteiger partial charge is 0.370 e. The van der Waals surface area contributed by atoms with Crippen molar-refractivity contribution in [2.24, 2.45) is 10.7 Å². The van der Waals surface area contributed by atoms with Crippen molar-refractivity contribution in [1.29, 1.82) is 0 Å². The first kappa shape index (κ1) is 19.1. The van der Waals surface area contributed by atoms with Gasteiger partial charge in [-0.15, -0.1) is 24.0 Å². The van der Waals surface area contributed by atoms with Crippen LogP contribution in [0.4, 0.5) is 5.69 Å². The minimum absolute atomic E-state index is 0. The fourth-order valence-corrected chi connectivity index (χ4v) is 1.91. The molecule has 0 spiro atoms. The van der Waals surface area contributed by atoms with Gasteiger partial charge < -0.3 is 11.1 Å². The number of aliphatic imine (C=N–C) groups is 1. The van der Waals surface area contributed by atoms with Crippen LogP contribution in [0.1, 0.15) is 12.5 Å². The van der Waals surface area contributed by atoms with Gasteiger partial charge in [0.1, 0.15) is 0 Å². The summed E-state index contributed by atoms with van der Waals surface area (Å²) in [5.41, 5.74) is 7.70. The highest BCUT2D eigenvalue weighted by atomic mass is 127. The van der Waals surface area contributed by atoms with Crippen molar-refractivity contribution in [2.75, 3.05) is 24.2 Å². The third-order valence-electron chi connectivity index (χ3n) is 2.42. The Bertz CT molecular complexity index is 529. The molecular formula is C12H21IN4O2S. The monoisotopic (exact) mass is 412 g/mol. The smallest absolute Gasteiger partial charge is 0.211 e. The van der Waals surface area contributed by atoms with Gasteiger partial charge in [-0.3, -0.25) is 4.99 Å². The zero-order chi connectivity index (χ0) is 14.3. The fraction of sp³-hybridized carbons (Fsp3) is 0.417. The molecule has 0 radical (unpaired) electrons. The van der Waals surface area contributed by atoms with E-state index in [2.05, 4.69) is 15.0 Å². The topological polar surface area (TPSA) is 96.6 Å². The summed E-state index contributed by atoms with van der Waals surface area (Å²) < 4.78 is 24.7. The molecule has 0 amide bonds. The molecule has 0 saturated heterocycles. The molecule has 0 aliphatic rings. The van der Waals surface area contributed by atoms with E-state index in [-0.39, 0.29) is 42.2 Å². The van der Waals surface area contributed by atoms with Crippen molar-refractivity contribution in [3.05, 3.63) is 29.8 Å². The molecule has 0 saturated carbocycles. The molecule has 0 aliphatic carbocycles. The standard InChI is InChI=1S/C12H20N4O2S.HI/c1-3-19(17,18)15-9-8-14-12(13)16-11-6-4-10(2)5-7-11;/h4-7,15H,3,8-9H2,1-2H3,(H3,13,14,16);1H. The molecule has 0 fully saturated rings. The van der Waals surface area contributed by atoms with Crippen LogP contribution >= 0.6 is 24.0 Å². The maximum Gasteiger partial charge on any atom is 0.211 e. The van der Waals surface area contributed by atoms with Gasteiger partial charge in [0.05, 0.1) is 12.3 Å². The van der Waals surface area contributed by atoms with E-state index in [0.29, 0.717) is 6.54 Å². The van der Waals surface area contributed by atoms with Gasteiger partial charge in [-0.2, -0.15) is 0 Å². The van der Waals surface area contributed by atoms with Crippen molar-refractivity contribution in [3.8, 4) is 0 Å². The van der Waals surface area contributed by atoms with Crippen LogP contribution in [0, 0.1) is 6.92 Å². The summed E-state index contributed by atoms with van der Waals surface area (Å²) in [4.78, 5) is 4.04. The summed E-state index contributed by atoms with van der Waals surface area (Å²) in [6.07, 6.45) is 0. The zero-order valence-electron chi connectivity index (χ0n) is 11.6. The Balaban J connectivity index is 0.00000361. The number of halogens is 1. The van der Waals surface area contributed by atoms with Gasteiger partial charge in [0.25, 0.3) is 0 Å². The Morgan fingerprint density at radius 2 is 1.90 bits per heavy atom. The van der Waals surface area contributed by atoms with E-state index in [4.69, 9.17) is 5.73 Å². The average molecular weight is 412 g/mol. The molecule has 0 aromatic heterocycles. The van der Waals surface area contributed by atoms with Gasteiger partial charge in [0.2, 0.25) is 10.0 Å². The molecule has 1 aromatic carbocycles. The Morgan fingerprint density at radius 1 is 1.30 bits per heavy atom. The number of nitrogens with two attached hydrogens (primary N) is 1. The van der Waals surface area contributed by atoms with Crippen LogP contribution in [-0.4, -0.2) is 33.2 Å². The number of aryl methyl sites for hydroxylation is 1. The molecule has 6 nitrogen and oxygen atoms in total. The van der Waals surface area contributed by atoms with Gasteiger partial charge in [0.15, 0.2) is 5.96 Å². The molecule has 0 aliphatic heterocycles. The van der Waals surface area contributed by atoms with E-state index in [1.807, 2.05) is 31.2 Å². The van der Waals surface area contributed by atoms with Crippen molar-refractivity contribution < 1.29 is 8.42 Å². The first-order valence-electron chi connectivity index (χ1n) is 6.04. The molecule has 0 bridgehead atoms. The summed E-state index contributed by atoms with van der Waals surface area (Å²) in [5.74, 6) is 0.327. The molecule has 4 N–H and O–H groups in total. The van der Waals surface area contributed by atoms with Crippen LogP contribution in [0.15, 0.2) is 29.3 Å². The van der Waals surface area contributed by atoms with Gasteiger partial charge in [0, 0.05) is 12.2 Å². The number of hydrogen-bond donors (Lipinski definition) is 3. The molecule has 20 heavy (non-hydrogen) atoms. The molecular weight excluding hydrogens is 391 g/mol. The Labute approximate surface area is 137 Å². The average Bonchev–Trinajstić information content (AvgIpc) is 2.38. The predicted molar refractivity (Wildman–Crippen MR) is 94.2 cm³/mol. The SMILES string of the molecule is CCS(=O)(=O)NCCN=C(N)Nc1ccc(C)cc1.I. The number of nitrogens with one attached hydrogen (secondary N) is 2. The number of nitrogens with zero attached hydrogens (tertiary/aromatic N) is 1. The second kappa shape index (κ2) is 9.14. The Hall–Kier alpha value is -0.870. The number of rotatable bonds is 6. The molecule has 1 rings (SSSR count). The first-order valence-corrected chi connectivity index (χ1v) is 7.69. The summed E-state index contributed by atoms with van der Waals surface area (Å²) in [7, 11) is -3.16. The lowest BCUT2D eigenvalue weighted by Crippen LogP contribution is -2.29. The van der Waals surface area contributed by atoms with Crippen LogP contribution in [0.2, 0.25) is 0 Å². The fourth-order valence-electron chi connectivity index (χ4n) is 1.30. The van der Waals surface area contributed by atoms with Crippen LogP contribution in [0.5, 0.6) is 0 Å². The highest BCUT2D eigenvalue weighted by molar-refractivity contribution is 14.0. The molecule has 114 valence electrons. The normalized spacial score (nSPS) is 11.8. The van der Waals surface area contributed by atoms with Crippen LogP contribution in [0.25, 0.3) is 0 Å². The number of benzene rings is 1. The highest BCUT2D eigenvalue weighted by Gasteiger charge is 2.03. The number of hydrogen-bond acceptors (Lipinski definition) is 3. The lowest BCUT2D eigenvalue weighted by atomic mass is 10.2. The molecule has 1 aromatic rings. The highest BCUT2D eigenvalue weighted by Crippen LogP contribution is 2.07. The zero-order valence-corrected chi connectivity index (χ0v) is 14.7. The molecule has 0 atom stereocenters. The van der Waals surface area contributed by atoms with Gasteiger partial charge in [-0.1, -0.05) is 17.7 Å². The maximum absolute atomic E-state index is 11.2. The molecule has 0 unspecified atom stereocenters. The van der Waals surface area contributed by atoms with E-state index >= 15 is 0 Å². The minimum Gasteiger partial charge on any atom is -0.370 e. The van der Waals surface area contributed by atoms with E-state index in [9.17, 15) is 8.42 Å². The van der Waals surface area contributed by atoms with E-state index < -0.39 is 10.0 Å². The summed E-state index contributed by atoms with van der Waals surface area (Å²) in [6, 6.07) is 7.73. The third-order valence-corrected chi connectivity index (χ3v) is 3.82. The van der Waals surface area contributed by atoms with Crippen molar-refractivity contribution in [1.82, 2.24) is 4.72 Å². The van der Waals surface area contributed by atoms with Gasteiger partial charge >= 0.3 is 0 Å². The molecule has 0 heterocycles. The second-order valence-corrected chi connectivity index (χ2v) is 6.15. The quantitative estimate of drug-likeness (QED) is 0.284. The Morgan fingerprint density at radius 3 is 2.45 bits per heavy atom. The van der Waals surface area contributed by atoms with E-state index in [0.717, 1.165) is 11.3 Å². The van der Waals surface area contributed by atoms with Crippen molar-refractivity contribution in [2.45, 2.75) is 13.8 Å². The van der Waals surface area contributed by atoms with Crippen LogP contribution in [-0.2, 0) is 10.0 Å². The number of guanidine groups is 1. The minimum atomic E-state index is -3.16. The van der Waals surface area contributed by atoms with Gasteiger partial charge in [-0.05, 0) is 26.0 Å². The van der Waals surface area contributed by atoms with Crippen LogP contribution < -0.4 is 15.8 Å². The third kappa shape index (κ3) is 7.65. The summed E-state index contributed by atoms with van der Waals surface area (Å²) >= 11 is 0. The second-order valence-electron chi connectivity index (χ2n) is 4.06. The predicted octanol–water partition coefficient (Wildman–Crippen LogP) is 1.28. The molecule has 8 heteroatoms. The van der Waals surface area contributed by atoms with Gasteiger partial charge in [-0.25, -0.2) is 13.1 Å². The first-order chi connectivity index (χ1) is 8.93. The van der Waals surface area contributed by atoms with Crippen molar-refractivity contribution in [3.63, 3.8) is 0 Å². The van der Waals surface area contributed by atoms with Crippen LogP contribution in [0.3, 0.4) is 0 Å². The maximum atomic E-state index is 11.2.